The number of rotatable bonds is 3. The lowest BCUT2D eigenvalue weighted by atomic mass is 10.0. The van der Waals surface area contributed by atoms with E-state index < -0.39 is 0 Å². The molecule has 1 heterocycles. The minimum absolute atomic E-state index is 0.00632. The standard InChI is InChI=1S/C14H17ClO3/c1-9-13(10(2)16)7-11(15)8-14(9)18-12-3-5-17-6-4-12/h7-8,12H,3-6H2,1-2H3. The lowest BCUT2D eigenvalue weighted by Gasteiger charge is -2.24. The number of carbonyl (C=O) groups excluding carboxylic acids is 1. The zero-order chi connectivity index (χ0) is 13.1. The van der Waals surface area contributed by atoms with Crippen LogP contribution >= 0.6 is 11.6 Å². The number of ether oxygens (including phenoxy) is 2. The van der Waals surface area contributed by atoms with Gasteiger partial charge in [0.25, 0.3) is 0 Å². The molecule has 0 unspecified atom stereocenters. The van der Waals surface area contributed by atoms with Gasteiger partial charge in [0.1, 0.15) is 11.9 Å². The highest BCUT2D eigenvalue weighted by Gasteiger charge is 2.18. The van der Waals surface area contributed by atoms with Gasteiger partial charge in [-0.15, -0.1) is 0 Å². The summed E-state index contributed by atoms with van der Waals surface area (Å²) in [5.74, 6) is 0.714. The van der Waals surface area contributed by atoms with E-state index in [1.807, 2.05) is 6.92 Å². The van der Waals surface area contributed by atoms with Crippen molar-refractivity contribution in [1.82, 2.24) is 0 Å². The average Bonchev–Trinajstić information content (AvgIpc) is 2.34. The summed E-state index contributed by atoms with van der Waals surface area (Å²) < 4.78 is 11.2. The number of Topliss-reactive ketones (excluding diaryl/α,β-unsaturated/α-hetero) is 1. The largest absolute Gasteiger partial charge is 0.490 e. The van der Waals surface area contributed by atoms with Gasteiger partial charge in [-0.05, 0) is 26.0 Å². The van der Waals surface area contributed by atoms with Gasteiger partial charge in [-0.1, -0.05) is 11.6 Å². The van der Waals surface area contributed by atoms with E-state index in [9.17, 15) is 4.79 Å². The Morgan fingerprint density at radius 3 is 2.67 bits per heavy atom. The number of carbonyl (C=O) groups is 1. The van der Waals surface area contributed by atoms with Crippen molar-refractivity contribution in [3.8, 4) is 5.75 Å². The van der Waals surface area contributed by atoms with Crippen LogP contribution in [-0.2, 0) is 4.74 Å². The Morgan fingerprint density at radius 2 is 2.06 bits per heavy atom. The zero-order valence-corrected chi connectivity index (χ0v) is 11.4. The van der Waals surface area contributed by atoms with Gasteiger partial charge in [-0.2, -0.15) is 0 Å². The minimum Gasteiger partial charge on any atom is -0.490 e. The van der Waals surface area contributed by atoms with E-state index in [2.05, 4.69) is 0 Å². The van der Waals surface area contributed by atoms with Crippen LogP contribution in [0.15, 0.2) is 12.1 Å². The molecule has 0 bridgehead atoms. The van der Waals surface area contributed by atoms with Gasteiger partial charge in [0, 0.05) is 29.0 Å². The molecule has 0 saturated carbocycles. The zero-order valence-electron chi connectivity index (χ0n) is 10.7. The fraction of sp³-hybridized carbons (Fsp3) is 0.500. The van der Waals surface area contributed by atoms with Gasteiger partial charge in [0.2, 0.25) is 0 Å². The Balaban J connectivity index is 2.23. The molecule has 1 saturated heterocycles. The monoisotopic (exact) mass is 268 g/mol. The molecule has 0 aliphatic carbocycles. The maximum absolute atomic E-state index is 11.5. The fourth-order valence-electron chi connectivity index (χ4n) is 2.12. The molecule has 0 radical (unpaired) electrons. The SMILES string of the molecule is CC(=O)c1cc(Cl)cc(OC2CCOCC2)c1C. The average molecular weight is 269 g/mol. The van der Waals surface area contributed by atoms with Gasteiger partial charge < -0.3 is 9.47 Å². The second kappa shape index (κ2) is 5.72. The summed E-state index contributed by atoms with van der Waals surface area (Å²) in [7, 11) is 0. The van der Waals surface area contributed by atoms with Crippen LogP contribution in [0.4, 0.5) is 0 Å². The molecule has 0 aromatic heterocycles. The molecule has 4 heteroatoms. The van der Waals surface area contributed by atoms with Gasteiger partial charge in [-0.3, -0.25) is 4.79 Å². The van der Waals surface area contributed by atoms with Crippen LogP contribution in [0.1, 0.15) is 35.7 Å². The summed E-state index contributed by atoms with van der Waals surface area (Å²) in [6, 6.07) is 3.47. The number of hydrogen-bond acceptors (Lipinski definition) is 3. The van der Waals surface area contributed by atoms with Crippen molar-refractivity contribution in [3.05, 3.63) is 28.3 Å². The maximum Gasteiger partial charge on any atom is 0.160 e. The summed E-state index contributed by atoms with van der Waals surface area (Å²) in [6.45, 7) is 4.88. The van der Waals surface area contributed by atoms with Gasteiger partial charge >= 0.3 is 0 Å². The van der Waals surface area contributed by atoms with E-state index in [0.717, 1.165) is 31.6 Å². The molecule has 2 rings (SSSR count). The summed E-state index contributed by atoms with van der Waals surface area (Å²) >= 11 is 6.03. The van der Waals surface area contributed by atoms with E-state index in [1.165, 1.54) is 6.92 Å². The topological polar surface area (TPSA) is 35.5 Å². The van der Waals surface area contributed by atoms with Gasteiger partial charge in [-0.25, -0.2) is 0 Å². The fourth-order valence-corrected chi connectivity index (χ4v) is 2.32. The van der Waals surface area contributed by atoms with Crippen LogP contribution in [0.25, 0.3) is 0 Å². The van der Waals surface area contributed by atoms with Crippen molar-refractivity contribution < 1.29 is 14.3 Å². The van der Waals surface area contributed by atoms with Crippen molar-refractivity contribution in [1.29, 1.82) is 0 Å². The number of hydrogen-bond donors (Lipinski definition) is 0. The second-order valence-electron chi connectivity index (χ2n) is 4.56. The highest BCUT2D eigenvalue weighted by Crippen LogP contribution is 2.29. The molecule has 1 aromatic rings. The molecule has 1 fully saturated rings. The molecular formula is C14H17ClO3. The highest BCUT2D eigenvalue weighted by molar-refractivity contribution is 6.31. The molecule has 1 aliphatic rings. The summed E-state index contributed by atoms with van der Waals surface area (Å²) in [5, 5.41) is 0.535. The summed E-state index contributed by atoms with van der Waals surface area (Å²) in [6.07, 6.45) is 1.90. The predicted molar refractivity (Wildman–Crippen MR) is 70.7 cm³/mol. The molecule has 1 aliphatic heterocycles. The van der Waals surface area contributed by atoms with Crippen molar-refractivity contribution in [3.63, 3.8) is 0 Å². The van der Waals surface area contributed by atoms with Crippen LogP contribution in [-0.4, -0.2) is 25.1 Å². The van der Waals surface area contributed by atoms with Crippen molar-refractivity contribution in [2.45, 2.75) is 32.8 Å². The Morgan fingerprint density at radius 1 is 1.39 bits per heavy atom. The number of halogens is 1. The molecule has 0 N–H and O–H groups in total. The third kappa shape index (κ3) is 3.03. The molecule has 98 valence electrons. The molecule has 0 amide bonds. The van der Waals surface area contributed by atoms with Gasteiger partial charge in [0.05, 0.1) is 13.2 Å². The minimum atomic E-state index is 0.00632. The third-order valence-electron chi connectivity index (χ3n) is 3.17. The van der Waals surface area contributed by atoms with E-state index in [0.29, 0.717) is 16.3 Å². The molecule has 1 aromatic carbocycles. The van der Waals surface area contributed by atoms with Crippen LogP contribution in [0.5, 0.6) is 5.75 Å². The van der Waals surface area contributed by atoms with Crippen molar-refractivity contribution >= 4 is 17.4 Å². The number of ketones is 1. The lowest BCUT2D eigenvalue weighted by molar-refractivity contribution is 0.0252. The molecule has 18 heavy (non-hydrogen) atoms. The van der Waals surface area contributed by atoms with Crippen molar-refractivity contribution in [2.24, 2.45) is 0 Å². The second-order valence-corrected chi connectivity index (χ2v) is 5.00. The maximum atomic E-state index is 11.5. The van der Waals surface area contributed by atoms with Crippen molar-refractivity contribution in [2.75, 3.05) is 13.2 Å². The molecule has 0 spiro atoms. The Hall–Kier alpha value is -1.06. The first kappa shape index (κ1) is 13.4. The van der Waals surface area contributed by atoms with Crippen LogP contribution in [0.3, 0.4) is 0 Å². The molecule has 0 atom stereocenters. The highest BCUT2D eigenvalue weighted by atomic mass is 35.5. The summed E-state index contributed by atoms with van der Waals surface area (Å²) in [5.41, 5.74) is 1.49. The number of benzene rings is 1. The lowest BCUT2D eigenvalue weighted by Crippen LogP contribution is -2.26. The predicted octanol–water partition coefficient (Wildman–Crippen LogP) is 3.41. The Labute approximate surface area is 112 Å². The molecule has 3 nitrogen and oxygen atoms in total. The van der Waals surface area contributed by atoms with E-state index >= 15 is 0 Å². The quantitative estimate of drug-likeness (QED) is 0.788. The third-order valence-corrected chi connectivity index (χ3v) is 3.38. The van der Waals surface area contributed by atoms with E-state index in [-0.39, 0.29) is 11.9 Å². The first-order valence-corrected chi connectivity index (χ1v) is 6.51. The van der Waals surface area contributed by atoms with Gasteiger partial charge in [0.15, 0.2) is 5.78 Å². The normalized spacial score (nSPS) is 16.6. The smallest absolute Gasteiger partial charge is 0.160 e. The van der Waals surface area contributed by atoms with Crippen LogP contribution < -0.4 is 4.74 Å². The Bertz CT molecular complexity index is 451. The molecular weight excluding hydrogens is 252 g/mol. The van der Waals surface area contributed by atoms with E-state index in [1.54, 1.807) is 12.1 Å². The van der Waals surface area contributed by atoms with E-state index in [4.69, 9.17) is 21.1 Å². The Kier molecular flexibility index (Phi) is 4.25. The first-order valence-electron chi connectivity index (χ1n) is 6.13. The van der Waals surface area contributed by atoms with Crippen LogP contribution in [0.2, 0.25) is 5.02 Å². The summed E-state index contributed by atoms with van der Waals surface area (Å²) in [4.78, 5) is 11.5. The van der Waals surface area contributed by atoms with Crippen LogP contribution in [0, 0.1) is 6.92 Å². The first-order chi connectivity index (χ1) is 8.58.